The first-order chi connectivity index (χ1) is 18.7. The number of amides is 4. The van der Waals surface area contributed by atoms with Crippen molar-refractivity contribution in [3.05, 3.63) is 47.9 Å². The van der Waals surface area contributed by atoms with Crippen LogP contribution in [0.15, 0.2) is 42.9 Å². The van der Waals surface area contributed by atoms with Crippen LogP contribution in [0.2, 0.25) is 5.02 Å². The van der Waals surface area contributed by atoms with E-state index in [0.717, 1.165) is 18.8 Å². The highest BCUT2D eigenvalue weighted by Gasteiger charge is 2.38. The summed E-state index contributed by atoms with van der Waals surface area (Å²) >= 11 is 5.82. The number of piperidine rings is 1. The molecule has 1 saturated carbocycles. The first-order valence-electron chi connectivity index (χ1n) is 13.1. The van der Waals surface area contributed by atoms with Crippen LogP contribution >= 0.6 is 11.6 Å². The Morgan fingerprint density at radius 2 is 1.62 bits per heavy atom. The van der Waals surface area contributed by atoms with Crippen LogP contribution in [0, 0.1) is 11.8 Å². The van der Waals surface area contributed by atoms with Crippen molar-refractivity contribution in [2.75, 3.05) is 37.4 Å². The lowest BCUT2D eigenvalue weighted by molar-refractivity contribution is -0.138. The number of aromatic nitrogens is 2. The van der Waals surface area contributed by atoms with Gasteiger partial charge in [0.1, 0.15) is 5.82 Å². The number of anilines is 2. The van der Waals surface area contributed by atoms with Crippen molar-refractivity contribution in [1.29, 1.82) is 0 Å². The van der Waals surface area contributed by atoms with E-state index in [9.17, 15) is 19.2 Å². The van der Waals surface area contributed by atoms with Gasteiger partial charge in [0, 0.05) is 75.4 Å². The Hall–Kier alpha value is -3.73. The maximum atomic E-state index is 13.3. The van der Waals surface area contributed by atoms with Crippen LogP contribution in [-0.2, 0) is 19.2 Å². The molecular weight excluding hydrogens is 522 g/mol. The van der Waals surface area contributed by atoms with Gasteiger partial charge in [-0.1, -0.05) is 11.6 Å². The molecule has 0 aromatic carbocycles. The third kappa shape index (κ3) is 7.44. The van der Waals surface area contributed by atoms with E-state index >= 15 is 0 Å². The Bertz CT molecular complexity index is 1170. The average Bonchev–Trinajstić information content (AvgIpc) is 2.95. The maximum Gasteiger partial charge on any atom is 0.314 e. The summed E-state index contributed by atoms with van der Waals surface area (Å²) in [5, 5.41) is 8.73. The van der Waals surface area contributed by atoms with Crippen LogP contribution in [-0.4, -0.2) is 77.8 Å². The van der Waals surface area contributed by atoms with Crippen molar-refractivity contribution < 1.29 is 19.2 Å². The van der Waals surface area contributed by atoms with Crippen LogP contribution in [0.1, 0.15) is 32.1 Å². The molecule has 0 bridgehead atoms. The summed E-state index contributed by atoms with van der Waals surface area (Å²) in [7, 11) is 3.41. The van der Waals surface area contributed by atoms with Crippen LogP contribution in [0.3, 0.4) is 0 Å². The molecule has 3 N–H and O–H groups in total. The van der Waals surface area contributed by atoms with Gasteiger partial charge in [-0.2, -0.15) is 0 Å². The summed E-state index contributed by atoms with van der Waals surface area (Å²) in [5.74, 6) is -2.08. The van der Waals surface area contributed by atoms with E-state index in [-0.39, 0.29) is 29.5 Å². The zero-order valence-electron chi connectivity index (χ0n) is 22.1. The molecule has 1 aliphatic heterocycles. The second-order valence-corrected chi connectivity index (χ2v) is 10.7. The third-order valence-electron chi connectivity index (χ3n) is 7.35. The Labute approximate surface area is 232 Å². The predicted octanol–water partition coefficient (Wildman–Crippen LogP) is 1.84. The third-order valence-corrected chi connectivity index (χ3v) is 7.58. The van der Waals surface area contributed by atoms with E-state index in [1.165, 1.54) is 12.3 Å². The van der Waals surface area contributed by atoms with Crippen molar-refractivity contribution in [3.8, 4) is 0 Å². The predicted molar refractivity (Wildman–Crippen MR) is 147 cm³/mol. The molecule has 3 heterocycles. The number of nitrogens with one attached hydrogen (secondary N) is 3. The Balaban J connectivity index is 1.38. The highest BCUT2D eigenvalue weighted by atomic mass is 35.5. The van der Waals surface area contributed by atoms with E-state index in [1.807, 2.05) is 12.1 Å². The lowest BCUT2D eigenvalue weighted by Gasteiger charge is -2.38. The van der Waals surface area contributed by atoms with Crippen molar-refractivity contribution >= 4 is 46.7 Å². The summed E-state index contributed by atoms with van der Waals surface area (Å²) in [4.78, 5) is 63.1. The molecule has 0 radical (unpaired) electrons. The summed E-state index contributed by atoms with van der Waals surface area (Å²) in [6.45, 7) is 1.49. The summed E-state index contributed by atoms with van der Waals surface area (Å²) in [6.07, 6.45) is 7.62. The Kier molecular flexibility index (Phi) is 9.34. The van der Waals surface area contributed by atoms with Gasteiger partial charge in [-0.05, 0) is 56.4 Å². The average molecular weight is 556 g/mol. The smallest absolute Gasteiger partial charge is 0.314 e. The first kappa shape index (κ1) is 28.3. The van der Waals surface area contributed by atoms with Crippen molar-refractivity contribution in [3.63, 3.8) is 0 Å². The van der Waals surface area contributed by atoms with E-state index < -0.39 is 23.9 Å². The Morgan fingerprint density at radius 3 is 2.26 bits per heavy atom. The number of carbonyl (C=O) groups excluding carboxylic acids is 4. The molecule has 0 spiro atoms. The molecule has 2 fully saturated rings. The molecule has 3 atom stereocenters. The molecule has 11 nitrogen and oxygen atoms in total. The van der Waals surface area contributed by atoms with Gasteiger partial charge in [-0.15, -0.1) is 0 Å². The number of nitrogens with zero attached hydrogens (tertiary/aromatic N) is 4. The van der Waals surface area contributed by atoms with Gasteiger partial charge >= 0.3 is 11.8 Å². The standard InChI is InChI=1S/C27H34ClN7O4/c1-34(2)27(39)18-3-5-21(31-25(37)26(38)33-23-6-4-19(28)16-30-23)22(15-18)32-24(36)17-9-13-35(14-10-17)20-7-11-29-12-8-20/h4,6-8,11-12,16-18,21-22H,3,5,9-10,13-15H2,1-2H3,(H,31,37)(H,32,36)(H,30,33,38). The molecule has 208 valence electrons. The van der Waals surface area contributed by atoms with Crippen LogP contribution in [0.5, 0.6) is 0 Å². The number of carbonyl (C=O) groups is 4. The fourth-order valence-corrected chi connectivity index (χ4v) is 5.32. The van der Waals surface area contributed by atoms with Gasteiger partial charge in [0.2, 0.25) is 11.8 Å². The molecule has 1 saturated heterocycles. The second-order valence-electron chi connectivity index (χ2n) is 10.2. The first-order valence-corrected chi connectivity index (χ1v) is 13.5. The molecule has 2 aromatic heterocycles. The largest absolute Gasteiger partial charge is 0.371 e. The van der Waals surface area contributed by atoms with Crippen LogP contribution in [0.25, 0.3) is 0 Å². The molecule has 12 heteroatoms. The second kappa shape index (κ2) is 12.9. The molecule has 39 heavy (non-hydrogen) atoms. The molecule has 4 amide bonds. The monoisotopic (exact) mass is 555 g/mol. The van der Waals surface area contributed by atoms with Gasteiger partial charge in [0.25, 0.3) is 0 Å². The number of pyridine rings is 2. The van der Waals surface area contributed by atoms with E-state index in [4.69, 9.17) is 11.6 Å². The fraction of sp³-hybridized carbons (Fsp3) is 0.481. The number of rotatable bonds is 6. The normalized spacial score (nSPS) is 21.5. The number of hydrogen-bond acceptors (Lipinski definition) is 7. The molecule has 4 rings (SSSR count). The van der Waals surface area contributed by atoms with E-state index in [2.05, 4.69) is 30.8 Å². The molecular formula is C27H34ClN7O4. The minimum atomic E-state index is -0.870. The van der Waals surface area contributed by atoms with E-state index in [0.29, 0.717) is 37.1 Å². The molecule has 2 aromatic rings. The number of hydrogen-bond donors (Lipinski definition) is 3. The molecule has 1 aliphatic carbocycles. The molecule has 2 aliphatic rings. The van der Waals surface area contributed by atoms with Crippen LogP contribution < -0.4 is 20.9 Å². The van der Waals surface area contributed by atoms with Gasteiger partial charge < -0.3 is 25.8 Å². The lowest BCUT2D eigenvalue weighted by atomic mass is 9.81. The van der Waals surface area contributed by atoms with Crippen molar-refractivity contribution in [2.24, 2.45) is 11.8 Å². The summed E-state index contributed by atoms with van der Waals surface area (Å²) in [6, 6.07) is 5.98. The molecule has 3 unspecified atom stereocenters. The fourth-order valence-electron chi connectivity index (χ4n) is 5.20. The topological polar surface area (TPSA) is 137 Å². The van der Waals surface area contributed by atoms with Crippen LogP contribution in [0.4, 0.5) is 11.5 Å². The minimum Gasteiger partial charge on any atom is -0.371 e. The Morgan fingerprint density at radius 1 is 0.897 bits per heavy atom. The minimum absolute atomic E-state index is 0.0174. The lowest BCUT2D eigenvalue weighted by Crippen LogP contribution is -2.58. The van der Waals surface area contributed by atoms with Gasteiger partial charge in [0.15, 0.2) is 0 Å². The van der Waals surface area contributed by atoms with Gasteiger partial charge in [-0.25, -0.2) is 4.98 Å². The number of halogens is 1. The summed E-state index contributed by atoms with van der Waals surface area (Å²) < 4.78 is 0. The van der Waals surface area contributed by atoms with E-state index in [1.54, 1.807) is 37.5 Å². The van der Waals surface area contributed by atoms with Crippen molar-refractivity contribution in [1.82, 2.24) is 25.5 Å². The quantitative estimate of drug-likeness (QED) is 0.463. The zero-order chi connectivity index (χ0) is 27.9. The van der Waals surface area contributed by atoms with Crippen molar-refractivity contribution in [2.45, 2.75) is 44.2 Å². The highest BCUT2D eigenvalue weighted by molar-refractivity contribution is 6.39. The van der Waals surface area contributed by atoms with Gasteiger partial charge in [-0.3, -0.25) is 24.2 Å². The summed E-state index contributed by atoms with van der Waals surface area (Å²) in [5.41, 5.74) is 1.08. The maximum absolute atomic E-state index is 13.3. The SMILES string of the molecule is CN(C)C(=O)C1CCC(NC(=O)C(=O)Nc2ccc(Cl)cn2)C(NC(=O)C2CCN(c3ccncc3)CC2)C1. The highest BCUT2D eigenvalue weighted by Crippen LogP contribution is 2.28. The zero-order valence-corrected chi connectivity index (χ0v) is 22.9. The van der Waals surface area contributed by atoms with Gasteiger partial charge in [0.05, 0.1) is 5.02 Å².